The Balaban J connectivity index is 0.00000353. The van der Waals surface area contributed by atoms with Crippen molar-refractivity contribution >= 4 is 48.5 Å². The van der Waals surface area contributed by atoms with Crippen molar-refractivity contribution in [1.82, 2.24) is 3.80 Å². The van der Waals surface area contributed by atoms with E-state index in [1.54, 1.807) is 3.88 Å². The molecule has 0 saturated heterocycles. The summed E-state index contributed by atoms with van der Waals surface area (Å²) in [6.07, 6.45) is 10.4. The molecule has 1 aliphatic carbocycles. The van der Waals surface area contributed by atoms with Crippen LogP contribution in [0.1, 0.15) is 43.0 Å². The Labute approximate surface area is 257 Å². The van der Waals surface area contributed by atoms with Crippen LogP contribution < -0.4 is 3.80 Å². The summed E-state index contributed by atoms with van der Waals surface area (Å²) < 4.78 is 7.34. The van der Waals surface area contributed by atoms with Crippen LogP contribution in [0.2, 0.25) is 10.5 Å². The Hall–Kier alpha value is -3.27. The van der Waals surface area contributed by atoms with Crippen molar-refractivity contribution in [2.75, 3.05) is 0 Å². The summed E-state index contributed by atoms with van der Waals surface area (Å²) in [6.45, 7) is 6.94. The molecule has 3 heteroatoms. The van der Waals surface area contributed by atoms with E-state index in [9.17, 15) is 0 Å². The molecule has 0 aliphatic heterocycles. The first kappa shape index (κ1) is 30.2. The number of hydrogen-bond donors (Lipinski definition) is 1. The quantitative estimate of drug-likeness (QED) is 0.116. The first-order chi connectivity index (χ1) is 19.6. The van der Waals surface area contributed by atoms with Crippen molar-refractivity contribution in [2.24, 2.45) is 0 Å². The zero-order valence-corrected chi connectivity index (χ0v) is 26.5. The Bertz CT molecular complexity index is 1840. The van der Waals surface area contributed by atoms with Crippen LogP contribution in [-0.2, 0) is 22.0 Å². The van der Waals surface area contributed by atoms with E-state index in [0.717, 1.165) is 6.42 Å². The second-order valence-corrected chi connectivity index (χ2v) is 23.0. The number of benzene rings is 5. The summed E-state index contributed by atoms with van der Waals surface area (Å²) in [5.74, 6) is 0. The summed E-state index contributed by atoms with van der Waals surface area (Å²) in [4.78, 5) is 0. The molecule has 0 bridgehead atoms. The van der Waals surface area contributed by atoms with Gasteiger partial charge >= 0.3 is 248 Å². The van der Waals surface area contributed by atoms with Crippen LogP contribution in [0.25, 0.3) is 37.6 Å². The SMILES string of the molecule is CC(C)(C)[NH][Ti]([CH3])([CH3])([C]1=Cc2c(ccc3c2ccc2ccccc23)C1)[C](=CC=Cc1ccccc1)c1ccccc1.[SiH4]. The molecule has 0 fully saturated rings. The van der Waals surface area contributed by atoms with Crippen LogP contribution in [-0.4, -0.2) is 16.5 Å². The van der Waals surface area contributed by atoms with Crippen molar-refractivity contribution in [3.63, 3.8) is 0 Å². The molecule has 1 N–H and O–H groups in total. The van der Waals surface area contributed by atoms with Gasteiger partial charge in [-0.25, -0.2) is 0 Å². The van der Waals surface area contributed by atoms with Gasteiger partial charge in [0.25, 0.3) is 0 Å². The standard InChI is InChI=1S/C17H11.C16H13.C4H10N.2CH3.H4Si.Ti/c1-2-6-14-12(4-1)8-10-17-15-7-3-5-13(15)9-11-16(14)17;1-3-9-15(10-4-1)13-7-8-14-16-11-5-2-6-12-16;1-4(2,3)5;;;;/h1-2,4,6-11H,5H2;1-13H;5H,1-3H3;2*1H3;1H4;/q;;-1;;;;+1. The van der Waals surface area contributed by atoms with E-state index in [-0.39, 0.29) is 16.5 Å². The van der Waals surface area contributed by atoms with E-state index in [0.29, 0.717) is 0 Å². The van der Waals surface area contributed by atoms with Crippen molar-refractivity contribution in [3.05, 3.63) is 147 Å². The summed E-state index contributed by atoms with van der Waals surface area (Å²) in [5.41, 5.74) is 5.30. The van der Waals surface area contributed by atoms with E-state index in [1.165, 1.54) is 47.7 Å². The Morgan fingerprint density at radius 3 is 2.07 bits per heavy atom. The second kappa shape index (κ2) is 11.4. The predicted molar refractivity (Wildman–Crippen MR) is 189 cm³/mol. The maximum Gasteiger partial charge on any atom is -0.0149 e. The minimum atomic E-state index is -3.83. The third-order valence-electron chi connectivity index (χ3n) is 8.71. The van der Waals surface area contributed by atoms with Crippen LogP contribution in [0.15, 0.2) is 125 Å². The van der Waals surface area contributed by atoms with Gasteiger partial charge < -0.3 is 0 Å². The zero-order valence-electron chi connectivity index (χ0n) is 24.9. The minimum Gasteiger partial charge on any atom is -0.0149 e. The first-order valence-electron chi connectivity index (χ1n) is 14.7. The molecule has 1 nitrogen and oxygen atoms in total. The number of fused-ring (bicyclic) bond motifs is 5. The molecule has 5 aromatic rings. The Morgan fingerprint density at radius 2 is 1.36 bits per heavy atom. The van der Waals surface area contributed by atoms with Gasteiger partial charge in [-0.2, -0.15) is 0 Å². The van der Waals surface area contributed by atoms with E-state index in [1.807, 2.05) is 0 Å². The average Bonchev–Trinajstić information content (AvgIpc) is 3.42. The Morgan fingerprint density at radius 1 is 0.714 bits per heavy atom. The molecule has 1 aliphatic rings. The van der Waals surface area contributed by atoms with E-state index < -0.39 is 15.6 Å². The van der Waals surface area contributed by atoms with Gasteiger partial charge in [0.05, 0.1) is 0 Å². The van der Waals surface area contributed by atoms with Gasteiger partial charge in [-0.05, 0) is 11.0 Å². The van der Waals surface area contributed by atoms with Crippen LogP contribution in [0.5, 0.6) is 0 Å². The van der Waals surface area contributed by atoms with E-state index >= 15 is 0 Å². The largest absolute Gasteiger partial charge is 0.0149 e. The molecule has 0 heterocycles. The van der Waals surface area contributed by atoms with Crippen LogP contribution >= 0.6 is 0 Å². The molecule has 0 radical (unpaired) electrons. The van der Waals surface area contributed by atoms with Crippen molar-refractivity contribution in [2.45, 2.75) is 43.2 Å². The monoisotopic (exact) mass is 602 g/mol. The third kappa shape index (κ3) is 5.70. The molecule has 0 amide bonds. The summed E-state index contributed by atoms with van der Waals surface area (Å²) in [6, 6.07) is 39.7. The van der Waals surface area contributed by atoms with E-state index in [4.69, 9.17) is 0 Å². The molecule has 0 aromatic heterocycles. The molecule has 0 saturated carbocycles. The van der Waals surface area contributed by atoms with Gasteiger partial charge in [-0.15, -0.1) is 0 Å². The molecule has 0 spiro atoms. The fourth-order valence-corrected chi connectivity index (χ4v) is 16.1. The van der Waals surface area contributed by atoms with Crippen LogP contribution in [0.3, 0.4) is 0 Å². The predicted octanol–water partition coefficient (Wildman–Crippen LogP) is 9.28. The molecular formula is C39H44NSiTi. The Kier molecular flexibility index (Phi) is 8.22. The van der Waals surface area contributed by atoms with Crippen molar-refractivity contribution in [1.29, 1.82) is 0 Å². The second-order valence-electron chi connectivity index (χ2n) is 13.3. The maximum atomic E-state index is 4.33. The molecule has 0 unspecified atom stereocenters. The summed E-state index contributed by atoms with van der Waals surface area (Å²) >= 11 is -3.83. The molecule has 0 atom stereocenters. The molecule has 213 valence electrons. The first-order valence-corrected chi connectivity index (χ1v) is 20.2. The van der Waals surface area contributed by atoms with Gasteiger partial charge in [0, 0.05) is 0 Å². The smallest absolute Gasteiger partial charge is 0.0149 e. The topological polar surface area (TPSA) is 12.0 Å². The number of rotatable bonds is 6. The molecular weight excluding hydrogens is 558 g/mol. The van der Waals surface area contributed by atoms with Crippen molar-refractivity contribution in [3.8, 4) is 0 Å². The van der Waals surface area contributed by atoms with Crippen LogP contribution in [0, 0.1) is 0 Å². The van der Waals surface area contributed by atoms with E-state index in [2.05, 4.69) is 169 Å². The van der Waals surface area contributed by atoms with Gasteiger partial charge in [-0.3, -0.25) is 0 Å². The summed E-state index contributed by atoms with van der Waals surface area (Å²) in [5, 5.41) is 10.5. The fourth-order valence-electron chi connectivity index (χ4n) is 7.06. The normalized spacial score (nSPS) is 14.8. The van der Waals surface area contributed by atoms with Gasteiger partial charge in [0.2, 0.25) is 0 Å². The number of hydrogen-bond acceptors (Lipinski definition) is 1. The summed E-state index contributed by atoms with van der Waals surface area (Å²) in [7, 11) is 0. The average molecular weight is 603 g/mol. The minimum absolute atomic E-state index is 0. The molecule has 5 aromatic carbocycles. The van der Waals surface area contributed by atoms with Crippen molar-refractivity contribution < 1.29 is 15.6 Å². The van der Waals surface area contributed by atoms with Gasteiger partial charge in [-0.1, -0.05) is 0 Å². The zero-order chi connectivity index (χ0) is 28.7. The number of allylic oxidation sites excluding steroid dienone is 3. The fraction of sp³-hybridized carbons (Fsp3) is 0.179. The number of nitrogens with one attached hydrogen (secondary N) is 1. The maximum absolute atomic E-state index is 4.33. The van der Waals surface area contributed by atoms with Gasteiger partial charge in [0.15, 0.2) is 0 Å². The molecule has 42 heavy (non-hydrogen) atoms. The molecule has 6 rings (SSSR count). The third-order valence-corrected chi connectivity index (χ3v) is 17.8. The van der Waals surface area contributed by atoms with Crippen LogP contribution in [0.4, 0.5) is 0 Å². The van der Waals surface area contributed by atoms with Gasteiger partial charge in [0.1, 0.15) is 0 Å².